The summed E-state index contributed by atoms with van der Waals surface area (Å²) >= 11 is 3.42. The highest BCUT2D eigenvalue weighted by atomic mass is 79.9. The van der Waals surface area contributed by atoms with Gasteiger partial charge in [0.25, 0.3) is 5.91 Å². The summed E-state index contributed by atoms with van der Waals surface area (Å²) < 4.78 is 0.800. The number of rotatable bonds is 3. The minimum absolute atomic E-state index is 0.137. The maximum absolute atomic E-state index is 12.9. The summed E-state index contributed by atoms with van der Waals surface area (Å²) in [5.41, 5.74) is 2.11. The minimum Gasteiger partial charge on any atom is -0.323 e. The molecule has 0 aliphatic carbocycles. The molecule has 1 atom stereocenters. The maximum Gasteiger partial charge on any atom is 0.259 e. The number of para-hydroxylation sites is 1. The largest absolute Gasteiger partial charge is 0.323 e. The first-order chi connectivity index (χ1) is 12.1. The molecule has 1 N–H and O–H groups in total. The quantitative estimate of drug-likeness (QED) is 0.705. The van der Waals surface area contributed by atoms with Crippen molar-refractivity contribution in [3.8, 4) is 0 Å². The molecule has 0 radical (unpaired) electrons. The lowest BCUT2D eigenvalue weighted by atomic mass is 10.1. The summed E-state index contributed by atoms with van der Waals surface area (Å²) in [7, 11) is 0. The van der Waals surface area contributed by atoms with Crippen molar-refractivity contribution in [2.45, 2.75) is 13.0 Å². The second kappa shape index (κ2) is 6.01. The predicted molar refractivity (Wildman–Crippen MR) is 103 cm³/mol. The average molecular weight is 395 g/mol. The highest BCUT2D eigenvalue weighted by Gasteiger charge is 2.35. The van der Waals surface area contributed by atoms with Crippen LogP contribution < -0.4 is 10.2 Å². The molecule has 0 unspecified atom stereocenters. The van der Waals surface area contributed by atoms with Crippen molar-refractivity contribution in [1.82, 2.24) is 0 Å². The van der Waals surface area contributed by atoms with E-state index in [1.807, 2.05) is 60.7 Å². The summed E-state index contributed by atoms with van der Waals surface area (Å²) in [6, 6.07) is 18.2. The fourth-order valence-corrected chi connectivity index (χ4v) is 3.62. The zero-order valence-corrected chi connectivity index (χ0v) is 15.1. The zero-order valence-electron chi connectivity index (χ0n) is 13.5. The number of benzene rings is 3. The molecule has 0 fully saturated rings. The highest BCUT2D eigenvalue weighted by molar-refractivity contribution is 9.10. The second-order valence-electron chi connectivity index (χ2n) is 6.00. The molecule has 4 nitrogen and oxygen atoms in total. The standard InChI is InChI=1S/C20H15BrN2O2/c1-12(19(24)22-16-10-3-2-9-15(16)21)23-17-11-5-7-13-6-4-8-14(18(13)17)20(23)25/h2-12H,1H3,(H,22,24)/t12-/m0/s1. The number of nitrogens with one attached hydrogen (secondary N) is 1. The van der Waals surface area contributed by atoms with Gasteiger partial charge in [-0.3, -0.25) is 14.5 Å². The molecule has 0 aromatic heterocycles. The van der Waals surface area contributed by atoms with E-state index in [1.54, 1.807) is 11.8 Å². The Bertz CT molecular complexity index is 1010. The number of nitrogens with zero attached hydrogens (tertiary/aromatic N) is 1. The number of halogens is 1. The Morgan fingerprint density at radius 3 is 2.52 bits per heavy atom. The van der Waals surface area contributed by atoms with Gasteiger partial charge < -0.3 is 5.32 Å². The molecule has 1 heterocycles. The van der Waals surface area contributed by atoms with Gasteiger partial charge in [0, 0.05) is 15.4 Å². The van der Waals surface area contributed by atoms with E-state index in [4.69, 9.17) is 0 Å². The van der Waals surface area contributed by atoms with Crippen LogP contribution in [0.2, 0.25) is 0 Å². The summed E-state index contributed by atoms with van der Waals surface area (Å²) in [6.07, 6.45) is 0. The summed E-state index contributed by atoms with van der Waals surface area (Å²) in [4.78, 5) is 27.2. The van der Waals surface area contributed by atoms with Crippen molar-refractivity contribution in [3.05, 3.63) is 70.7 Å². The van der Waals surface area contributed by atoms with Crippen molar-refractivity contribution in [1.29, 1.82) is 0 Å². The van der Waals surface area contributed by atoms with Gasteiger partial charge in [-0.1, -0.05) is 36.4 Å². The van der Waals surface area contributed by atoms with Gasteiger partial charge in [0.15, 0.2) is 0 Å². The van der Waals surface area contributed by atoms with Gasteiger partial charge in [-0.25, -0.2) is 0 Å². The molecule has 1 aliphatic rings. The van der Waals surface area contributed by atoms with E-state index in [9.17, 15) is 9.59 Å². The number of carbonyl (C=O) groups excluding carboxylic acids is 2. The van der Waals surface area contributed by atoms with Crippen LogP contribution in [0.3, 0.4) is 0 Å². The third-order valence-electron chi connectivity index (χ3n) is 4.49. The highest BCUT2D eigenvalue weighted by Crippen LogP contribution is 2.38. The van der Waals surface area contributed by atoms with Crippen LogP contribution in [0.1, 0.15) is 17.3 Å². The molecule has 25 heavy (non-hydrogen) atoms. The van der Waals surface area contributed by atoms with E-state index in [0.29, 0.717) is 11.3 Å². The van der Waals surface area contributed by atoms with Gasteiger partial charge in [-0.05, 0) is 52.5 Å². The van der Waals surface area contributed by atoms with Gasteiger partial charge in [-0.2, -0.15) is 0 Å². The number of carbonyl (C=O) groups is 2. The van der Waals surface area contributed by atoms with Crippen LogP contribution in [0.25, 0.3) is 10.8 Å². The summed E-state index contributed by atoms with van der Waals surface area (Å²) in [5.74, 6) is -0.369. The summed E-state index contributed by atoms with van der Waals surface area (Å²) in [5, 5.41) is 4.80. The van der Waals surface area contributed by atoms with Gasteiger partial charge in [-0.15, -0.1) is 0 Å². The molecule has 0 saturated carbocycles. The third-order valence-corrected chi connectivity index (χ3v) is 5.18. The number of hydrogen-bond acceptors (Lipinski definition) is 2. The van der Waals surface area contributed by atoms with Crippen LogP contribution in [0.4, 0.5) is 11.4 Å². The Balaban J connectivity index is 1.69. The molecule has 3 aromatic rings. The number of anilines is 2. The number of hydrogen-bond donors (Lipinski definition) is 1. The topological polar surface area (TPSA) is 49.4 Å². The first-order valence-electron chi connectivity index (χ1n) is 7.98. The normalized spacial score (nSPS) is 14.0. The van der Waals surface area contributed by atoms with E-state index >= 15 is 0 Å². The lowest BCUT2D eigenvalue weighted by molar-refractivity contribution is -0.117. The molecular weight excluding hydrogens is 380 g/mol. The molecule has 1 aliphatic heterocycles. The number of amides is 2. The molecular formula is C20H15BrN2O2. The van der Waals surface area contributed by atoms with Crippen LogP contribution in [0.5, 0.6) is 0 Å². The predicted octanol–water partition coefficient (Wildman–Crippen LogP) is 4.59. The lowest BCUT2D eigenvalue weighted by Crippen LogP contribution is -2.44. The van der Waals surface area contributed by atoms with Gasteiger partial charge in [0.05, 0.1) is 11.4 Å². The SMILES string of the molecule is C[C@@H](C(=O)Nc1ccccc1Br)N1C(=O)c2cccc3cccc1c23. The Morgan fingerprint density at radius 1 is 1.04 bits per heavy atom. The first kappa shape index (κ1) is 15.8. The van der Waals surface area contributed by atoms with E-state index in [2.05, 4.69) is 21.2 Å². The van der Waals surface area contributed by atoms with Gasteiger partial charge in [0.2, 0.25) is 5.91 Å². The van der Waals surface area contributed by atoms with E-state index < -0.39 is 6.04 Å². The van der Waals surface area contributed by atoms with Crippen LogP contribution in [-0.4, -0.2) is 17.9 Å². The molecule has 2 amide bonds. The van der Waals surface area contributed by atoms with Crippen molar-refractivity contribution in [3.63, 3.8) is 0 Å². The van der Waals surface area contributed by atoms with Crippen LogP contribution in [0, 0.1) is 0 Å². The van der Waals surface area contributed by atoms with E-state index in [1.165, 1.54) is 0 Å². The van der Waals surface area contributed by atoms with Crippen molar-refractivity contribution >= 4 is 49.9 Å². The van der Waals surface area contributed by atoms with E-state index in [-0.39, 0.29) is 11.8 Å². The third kappa shape index (κ3) is 2.51. The fourth-order valence-electron chi connectivity index (χ4n) is 3.24. The average Bonchev–Trinajstić information content (AvgIpc) is 2.91. The van der Waals surface area contributed by atoms with Gasteiger partial charge >= 0.3 is 0 Å². The Labute approximate surface area is 153 Å². The monoisotopic (exact) mass is 394 g/mol. The zero-order chi connectivity index (χ0) is 17.6. The summed E-state index contributed by atoms with van der Waals surface area (Å²) in [6.45, 7) is 1.74. The molecule has 0 spiro atoms. The molecule has 5 heteroatoms. The lowest BCUT2D eigenvalue weighted by Gasteiger charge is -2.25. The van der Waals surface area contributed by atoms with Crippen LogP contribution in [0.15, 0.2) is 65.1 Å². The Morgan fingerprint density at radius 2 is 1.76 bits per heavy atom. The second-order valence-corrected chi connectivity index (χ2v) is 6.86. The maximum atomic E-state index is 12.9. The Kier molecular flexibility index (Phi) is 3.81. The molecule has 124 valence electrons. The minimum atomic E-state index is -0.627. The van der Waals surface area contributed by atoms with Crippen LogP contribution >= 0.6 is 15.9 Å². The molecule has 0 bridgehead atoms. The van der Waals surface area contributed by atoms with Gasteiger partial charge in [0.1, 0.15) is 6.04 Å². The van der Waals surface area contributed by atoms with Crippen molar-refractivity contribution in [2.24, 2.45) is 0 Å². The van der Waals surface area contributed by atoms with Crippen molar-refractivity contribution in [2.75, 3.05) is 10.2 Å². The molecule has 4 rings (SSSR count). The first-order valence-corrected chi connectivity index (χ1v) is 8.78. The molecule has 0 saturated heterocycles. The molecule has 3 aromatic carbocycles. The smallest absolute Gasteiger partial charge is 0.259 e. The van der Waals surface area contributed by atoms with Crippen molar-refractivity contribution < 1.29 is 9.59 Å². The Hall–Kier alpha value is -2.66. The fraction of sp³-hybridized carbons (Fsp3) is 0.100. The van der Waals surface area contributed by atoms with Crippen LogP contribution in [-0.2, 0) is 4.79 Å². The van der Waals surface area contributed by atoms with E-state index in [0.717, 1.165) is 20.9 Å².